The van der Waals surface area contributed by atoms with Crippen molar-refractivity contribution in [2.45, 2.75) is 26.2 Å². The molecule has 1 unspecified atom stereocenters. The highest BCUT2D eigenvalue weighted by Crippen LogP contribution is 2.32. The second-order valence-corrected chi connectivity index (χ2v) is 5.12. The van der Waals surface area contributed by atoms with Crippen molar-refractivity contribution in [3.8, 4) is 0 Å². The molecule has 0 saturated heterocycles. The Morgan fingerprint density at radius 1 is 1.35 bits per heavy atom. The van der Waals surface area contributed by atoms with Crippen LogP contribution in [0.4, 0.5) is 17.6 Å². The minimum absolute atomic E-state index is 0.209. The minimum Gasteiger partial charge on any atom is -0.352 e. The summed E-state index contributed by atoms with van der Waals surface area (Å²) < 4.78 is 53.3. The highest BCUT2D eigenvalue weighted by atomic mass is 19.4. The number of benzene rings is 1. The van der Waals surface area contributed by atoms with Gasteiger partial charge in [-0.2, -0.15) is 18.3 Å². The molecule has 0 spiro atoms. The Hall–Kier alpha value is -2.38. The van der Waals surface area contributed by atoms with E-state index in [0.29, 0.717) is 12.6 Å². The maximum atomic E-state index is 13.8. The maximum Gasteiger partial charge on any atom is 0.419 e. The van der Waals surface area contributed by atoms with E-state index < -0.39 is 29.4 Å². The lowest BCUT2D eigenvalue weighted by Crippen LogP contribution is -2.31. The zero-order valence-electron chi connectivity index (χ0n) is 12.3. The van der Waals surface area contributed by atoms with Crippen LogP contribution < -0.4 is 5.32 Å². The van der Waals surface area contributed by atoms with Gasteiger partial charge in [-0.1, -0.05) is 19.1 Å². The van der Waals surface area contributed by atoms with Crippen LogP contribution in [-0.4, -0.2) is 15.7 Å². The first kappa shape index (κ1) is 17.0. The van der Waals surface area contributed by atoms with Crippen molar-refractivity contribution in [3.63, 3.8) is 0 Å². The van der Waals surface area contributed by atoms with Crippen LogP contribution >= 0.6 is 0 Å². The van der Waals surface area contributed by atoms with E-state index in [4.69, 9.17) is 0 Å². The largest absolute Gasteiger partial charge is 0.419 e. The quantitative estimate of drug-likeness (QED) is 0.857. The molecule has 1 aromatic carbocycles. The van der Waals surface area contributed by atoms with Crippen LogP contribution in [0.3, 0.4) is 0 Å². The van der Waals surface area contributed by atoms with Crippen molar-refractivity contribution in [2.24, 2.45) is 5.92 Å². The molecule has 8 heteroatoms. The Morgan fingerprint density at radius 3 is 2.70 bits per heavy atom. The van der Waals surface area contributed by atoms with Gasteiger partial charge in [-0.3, -0.25) is 9.48 Å². The number of aromatic nitrogens is 2. The molecule has 0 aliphatic carbocycles. The van der Waals surface area contributed by atoms with E-state index in [0.717, 1.165) is 6.07 Å². The lowest BCUT2D eigenvalue weighted by Gasteiger charge is -2.14. The molecule has 0 bridgehead atoms. The van der Waals surface area contributed by atoms with E-state index in [1.54, 1.807) is 30.1 Å². The van der Waals surface area contributed by atoms with Crippen LogP contribution in [0.5, 0.6) is 0 Å². The molecule has 1 aromatic heterocycles. The van der Waals surface area contributed by atoms with E-state index in [1.807, 2.05) is 0 Å². The molecule has 0 aliphatic heterocycles. The van der Waals surface area contributed by atoms with Crippen molar-refractivity contribution >= 4 is 5.91 Å². The topological polar surface area (TPSA) is 46.9 Å². The Kier molecular flexibility index (Phi) is 5.02. The fourth-order valence-electron chi connectivity index (χ4n) is 2.06. The smallest absolute Gasteiger partial charge is 0.352 e. The zero-order chi connectivity index (χ0) is 17.0. The predicted octanol–water partition coefficient (Wildman–Crippen LogP) is 2.99. The van der Waals surface area contributed by atoms with Gasteiger partial charge in [-0.05, 0) is 12.1 Å². The molecule has 1 heterocycles. The summed E-state index contributed by atoms with van der Waals surface area (Å²) in [6, 6.07) is 4.70. The summed E-state index contributed by atoms with van der Waals surface area (Å²) in [4.78, 5) is 11.9. The molecule has 1 amide bonds. The van der Waals surface area contributed by atoms with Gasteiger partial charge in [0, 0.05) is 24.5 Å². The third kappa shape index (κ3) is 4.30. The second-order valence-electron chi connectivity index (χ2n) is 5.12. The maximum absolute atomic E-state index is 13.8. The van der Waals surface area contributed by atoms with Gasteiger partial charge in [0.15, 0.2) is 0 Å². The average molecular weight is 329 g/mol. The van der Waals surface area contributed by atoms with E-state index in [1.165, 1.54) is 6.07 Å². The summed E-state index contributed by atoms with van der Waals surface area (Å²) in [5.41, 5.74) is -1.55. The molecule has 0 fully saturated rings. The lowest BCUT2D eigenvalue weighted by atomic mass is 10.1. The van der Waals surface area contributed by atoms with Crippen LogP contribution in [0, 0.1) is 11.7 Å². The normalized spacial score (nSPS) is 12.9. The number of nitrogens with zero attached hydrogens (tertiary/aromatic N) is 2. The highest BCUT2D eigenvalue weighted by Gasteiger charge is 2.34. The van der Waals surface area contributed by atoms with Crippen LogP contribution in [-0.2, 0) is 24.1 Å². The molecular formula is C15H15F4N3O. The molecule has 0 radical (unpaired) electrons. The van der Waals surface area contributed by atoms with Crippen LogP contribution in [0.25, 0.3) is 0 Å². The van der Waals surface area contributed by atoms with Gasteiger partial charge >= 0.3 is 6.18 Å². The van der Waals surface area contributed by atoms with Gasteiger partial charge in [0.25, 0.3) is 0 Å². The van der Waals surface area contributed by atoms with E-state index in [2.05, 4.69) is 10.4 Å². The summed E-state index contributed by atoms with van der Waals surface area (Å²) in [6.07, 6.45) is -1.50. The van der Waals surface area contributed by atoms with E-state index >= 15 is 0 Å². The van der Waals surface area contributed by atoms with E-state index in [9.17, 15) is 22.4 Å². The van der Waals surface area contributed by atoms with Gasteiger partial charge in [0.1, 0.15) is 5.82 Å². The molecule has 2 rings (SSSR count). The van der Waals surface area contributed by atoms with Gasteiger partial charge < -0.3 is 5.32 Å². The Labute approximate surface area is 130 Å². The Balaban J connectivity index is 1.99. The Morgan fingerprint density at radius 2 is 2.09 bits per heavy atom. The summed E-state index contributed by atoms with van der Waals surface area (Å²) in [7, 11) is 0. The van der Waals surface area contributed by atoms with Crippen LogP contribution in [0.2, 0.25) is 0 Å². The molecule has 0 saturated carbocycles. The van der Waals surface area contributed by atoms with Gasteiger partial charge in [-0.15, -0.1) is 0 Å². The summed E-state index contributed by atoms with van der Waals surface area (Å²) >= 11 is 0. The molecule has 124 valence electrons. The van der Waals surface area contributed by atoms with Crippen LogP contribution in [0.1, 0.15) is 18.1 Å². The van der Waals surface area contributed by atoms with Gasteiger partial charge in [0.05, 0.1) is 18.0 Å². The number of hydrogen-bond acceptors (Lipinski definition) is 2. The standard InChI is InChI=1S/C15H15F4N3O/c1-10(9-22-7-3-6-21-22)14(23)20-8-11-4-2-5-12(13(11)16)15(17,18)19/h2-7,10H,8-9H2,1H3,(H,20,23). The lowest BCUT2D eigenvalue weighted by molar-refractivity contribution is -0.140. The number of alkyl halides is 3. The monoisotopic (exact) mass is 329 g/mol. The third-order valence-corrected chi connectivity index (χ3v) is 3.30. The molecule has 0 aliphatic rings. The molecular weight excluding hydrogens is 314 g/mol. The number of hydrogen-bond donors (Lipinski definition) is 1. The Bertz CT molecular complexity index is 668. The summed E-state index contributed by atoms with van der Waals surface area (Å²) in [6.45, 7) is 1.67. The fraction of sp³-hybridized carbons (Fsp3) is 0.333. The fourth-order valence-corrected chi connectivity index (χ4v) is 2.06. The van der Waals surface area contributed by atoms with E-state index in [-0.39, 0.29) is 12.1 Å². The van der Waals surface area contributed by atoms with Crippen molar-refractivity contribution in [2.75, 3.05) is 0 Å². The molecule has 23 heavy (non-hydrogen) atoms. The van der Waals surface area contributed by atoms with Crippen LogP contribution in [0.15, 0.2) is 36.7 Å². The number of halogens is 4. The number of amides is 1. The van der Waals surface area contributed by atoms with Crippen molar-refractivity contribution in [1.29, 1.82) is 0 Å². The summed E-state index contributed by atoms with van der Waals surface area (Å²) in [5, 5.41) is 6.40. The predicted molar refractivity (Wildman–Crippen MR) is 74.6 cm³/mol. The first-order chi connectivity index (χ1) is 10.8. The van der Waals surface area contributed by atoms with Gasteiger partial charge in [0.2, 0.25) is 5.91 Å². The molecule has 4 nitrogen and oxygen atoms in total. The number of carbonyl (C=O) groups is 1. The molecule has 2 aromatic rings. The number of carbonyl (C=O) groups excluding carboxylic acids is 1. The molecule has 1 N–H and O–H groups in total. The highest BCUT2D eigenvalue weighted by molar-refractivity contribution is 5.78. The van der Waals surface area contributed by atoms with Crippen molar-refractivity contribution in [1.82, 2.24) is 15.1 Å². The minimum atomic E-state index is -4.77. The zero-order valence-corrected chi connectivity index (χ0v) is 12.3. The first-order valence-corrected chi connectivity index (χ1v) is 6.88. The van der Waals surface area contributed by atoms with Crippen molar-refractivity contribution in [3.05, 3.63) is 53.6 Å². The number of rotatable bonds is 5. The summed E-state index contributed by atoms with van der Waals surface area (Å²) in [5.74, 6) is -2.21. The number of nitrogens with one attached hydrogen (secondary N) is 1. The third-order valence-electron chi connectivity index (χ3n) is 3.30. The first-order valence-electron chi connectivity index (χ1n) is 6.88. The molecule has 1 atom stereocenters. The van der Waals surface area contributed by atoms with Crippen molar-refractivity contribution < 1.29 is 22.4 Å². The average Bonchev–Trinajstić information content (AvgIpc) is 2.97. The second kappa shape index (κ2) is 6.80. The SMILES string of the molecule is CC(Cn1cccn1)C(=O)NCc1cccc(C(F)(F)F)c1F. The van der Waals surface area contributed by atoms with Gasteiger partial charge in [-0.25, -0.2) is 4.39 Å².